The van der Waals surface area contributed by atoms with Gasteiger partial charge in [-0.15, -0.1) is 11.8 Å². The number of hydrogen-bond donors (Lipinski definition) is 1. The minimum absolute atomic E-state index is 0.139. The van der Waals surface area contributed by atoms with Gasteiger partial charge in [0.15, 0.2) is 0 Å². The van der Waals surface area contributed by atoms with Crippen molar-refractivity contribution >= 4 is 39.4 Å². The number of carbonyl (C=O) groups excluding carboxylic acids is 1. The summed E-state index contributed by atoms with van der Waals surface area (Å²) in [5, 5.41) is 3.95. The quantitative estimate of drug-likeness (QED) is 0.491. The lowest BCUT2D eigenvalue weighted by Gasteiger charge is -2.19. The lowest BCUT2D eigenvalue weighted by atomic mass is 10.2. The van der Waals surface area contributed by atoms with Crippen molar-refractivity contribution in [3.63, 3.8) is 0 Å². The Kier molecular flexibility index (Phi) is 6.90. The van der Waals surface area contributed by atoms with Crippen LogP contribution < -0.4 is 5.32 Å². The molecule has 0 spiro atoms. The molecular weight excluding hydrogens is 422 g/mol. The van der Waals surface area contributed by atoms with Crippen molar-refractivity contribution in [3.05, 3.63) is 88.5 Å². The highest BCUT2D eigenvalue weighted by Crippen LogP contribution is 2.22. The first-order valence-electron chi connectivity index (χ1n) is 8.50. The second-order valence-electron chi connectivity index (χ2n) is 6.03. The summed E-state index contributed by atoms with van der Waals surface area (Å²) in [5.41, 5.74) is 2.99. The Morgan fingerprint density at radius 2 is 1.93 bits per heavy atom. The Morgan fingerprint density at radius 3 is 2.70 bits per heavy atom. The number of aromatic nitrogens is 1. The summed E-state index contributed by atoms with van der Waals surface area (Å²) >= 11 is 5.19. The second kappa shape index (κ2) is 9.58. The molecule has 0 bridgehead atoms. The molecule has 0 saturated heterocycles. The number of nitrogens with zero attached hydrogens (tertiary/aromatic N) is 2. The van der Waals surface area contributed by atoms with Crippen molar-refractivity contribution in [3.8, 4) is 0 Å². The summed E-state index contributed by atoms with van der Waals surface area (Å²) < 4.78 is 0.998. The third-order valence-electron chi connectivity index (χ3n) is 3.91. The van der Waals surface area contributed by atoms with Crippen LogP contribution >= 0.6 is 27.7 Å². The molecule has 0 fully saturated rings. The van der Waals surface area contributed by atoms with Gasteiger partial charge in [0, 0.05) is 35.7 Å². The van der Waals surface area contributed by atoms with Gasteiger partial charge in [0.25, 0.3) is 0 Å². The summed E-state index contributed by atoms with van der Waals surface area (Å²) in [6.45, 7) is 0.530. The van der Waals surface area contributed by atoms with Crippen molar-refractivity contribution < 1.29 is 4.79 Å². The summed E-state index contributed by atoms with van der Waals surface area (Å²) in [6, 6.07) is 21.6. The summed E-state index contributed by atoms with van der Waals surface area (Å²) in [4.78, 5) is 18.5. The van der Waals surface area contributed by atoms with Crippen LogP contribution in [-0.4, -0.2) is 23.0 Å². The molecule has 2 aromatic carbocycles. The van der Waals surface area contributed by atoms with Gasteiger partial charge >= 0.3 is 6.03 Å². The van der Waals surface area contributed by atoms with E-state index in [4.69, 9.17) is 0 Å². The third-order valence-corrected chi connectivity index (χ3v) is 5.70. The lowest BCUT2D eigenvalue weighted by molar-refractivity contribution is 0.220. The van der Waals surface area contributed by atoms with Crippen LogP contribution in [0.2, 0.25) is 0 Å². The van der Waals surface area contributed by atoms with Crippen molar-refractivity contribution in [1.82, 2.24) is 9.88 Å². The SMILES string of the molecule is CN(Cc1ccccc1Br)C(=O)Nc1cccc(CSc2ccccn2)c1. The third kappa shape index (κ3) is 5.84. The minimum atomic E-state index is -0.139. The van der Waals surface area contributed by atoms with E-state index in [1.54, 1.807) is 29.9 Å². The number of amides is 2. The number of hydrogen-bond acceptors (Lipinski definition) is 3. The monoisotopic (exact) mass is 441 g/mol. The molecule has 27 heavy (non-hydrogen) atoms. The first-order valence-corrected chi connectivity index (χ1v) is 10.3. The normalized spacial score (nSPS) is 10.4. The molecule has 0 radical (unpaired) electrons. The Labute approximate surface area is 172 Å². The number of urea groups is 1. The standard InChI is InChI=1S/C21H20BrN3OS/c1-25(14-17-8-2-3-10-19(17)22)21(26)24-18-9-6-7-16(13-18)15-27-20-11-4-5-12-23-20/h2-13H,14-15H2,1H3,(H,24,26). The molecule has 0 atom stereocenters. The van der Waals surface area contributed by atoms with E-state index >= 15 is 0 Å². The molecule has 0 saturated carbocycles. The van der Waals surface area contributed by atoms with Crippen LogP contribution in [0.3, 0.4) is 0 Å². The fraction of sp³-hybridized carbons (Fsp3) is 0.143. The summed E-state index contributed by atoms with van der Waals surface area (Å²) in [7, 11) is 1.79. The molecule has 138 valence electrons. The van der Waals surface area contributed by atoms with Gasteiger partial charge in [-0.1, -0.05) is 52.3 Å². The zero-order chi connectivity index (χ0) is 19.1. The van der Waals surface area contributed by atoms with Crippen LogP contribution in [-0.2, 0) is 12.3 Å². The van der Waals surface area contributed by atoms with E-state index in [-0.39, 0.29) is 6.03 Å². The lowest BCUT2D eigenvalue weighted by Crippen LogP contribution is -2.30. The van der Waals surface area contributed by atoms with Crippen molar-refractivity contribution in [1.29, 1.82) is 0 Å². The molecule has 6 heteroatoms. The molecule has 0 aliphatic heterocycles. The molecule has 0 aliphatic rings. The maximum atomic E-state index is 12.5. The summed E-state index contributed by atoms with van der Waals surface area (Å²) in [5.74, 6) is 0.799. The number of thioether (sulfide) groups is 1. The maximum absolute atomic E-state index is 12.5. The predicted octanol–water partition coefficient (Wildman–Crippen LogP) is 5.80. The molecule has 1 N–H and O–H groups in total. The van der Waals surface area contributed by atoms with Crippen LogP contribution in [0.1, 0.15) is 11.1 Å². The van der Waals surface area contributed by atoms with Gasteiger partial charge in [-0.25, -0.2) is 9.78 Å². The van der Waals surface area contributed by atoms with Gasteiger partial charge in [0.1, 0.15) is 0 Å². The Balaban J connectivity index is 1.58. The van der Waals surface area contributed by atoms with Crippen molar-refractivity contribution in [2.24, 2.45) is 0 Å². The zero-order valence-electron chi connectivity index (χ0n) is 14.9. The number of nitrogens with one attached hydrogen (secondary N) is 1. The summed E-state index contributed by atoms with van der Waals surface area (Å²) in [6.07, 6.45) is 1.79. The number of pyridine rings is 1. The van der Waals surface area contributed by atoms with E-state index in [1.807, 2.05) is 60.7 Å². The van der Waals surface area contributed by atoms with E-state index in [0.717, 1.165) is 32.1 Å². The van der Waals surface area contributed by atoms with Gasteiger partial charge in [-0.3, -0.25) is 0 Å². The highest BCUT2D eigenvalue weighted by molar-refractivity contribution is 9.10. The van der Waals surface area contributed by atoms with Gasteiger partial charge in [0.2, 0.25) is 0 Å². The van der Waals surface area contributed by atoms with Crippen LogP contribution in [0.25, 0.3) is 0 Å². The van der Waals surface area contributed by atoms with E-state index in [2.05, 4.69) is 32.3 Å². The van der Waals surface area contributed by atoms with Crippen molar-refractivity contribution in [2.45, 2.75) is 17.3 Å². The minimum Gasteiger partial charge on any atom is -0.323 e. The number of halogens is 1. The van der Waals surface area contributed by atoms with Crippen LogP contribution in [0.5, 0.6) is 0 Å². The molecule has 4 nitrogen and oxygen atoms in total. The number of anilines is 1. The van der Waals surface area contributed by atoms with Crippen LogP contribution in [0.4, 0.5) is 10.5 Å². The predicted molar refractivity (Wildman–Crippen MR) is 115 cm³/mol. The van der Waals surface area contributed by atoms with E-state index in [9.17, 15) is 4.79 Å². The Morgan fingerprint density at radius 1 is 1.11 bits per heavy atom. The van der Waals surface area contributed by atoms with Gasteiger partial charge in [0.05, 0.1) is 5.03 Å². The molecule has 1 heterocycles. The number of carbonyl (C=O) groups is 1. The molecule has 1 aromatic heterocycles. The fourth-order valence-electron chi connectivity index (χ4n) is 2.50. The maximum Gasteiger partial charge on any atom is 0.321 e. The van der Waals surface area contributed by atoms with Crippen LogP contribution in [0, 0.1) is 0 Å². The highest BCUT2D eigenvalue weighted by atomic mass is 79.9. The topological polar surface area (TPSA) is 45.2 Å². The Bertz CT molecular complexity index is 905. The largest absolute Gasteiger partial charge is 0.323 e. The van der Waals surface area contributed by atoms with Crippen molar-refractivity contribution in [2.75, 3.05) is 12.4 Å². The molecule has 3 aromatic rings. The van der Waals surface area contributed by atoms with Gasteiger partial charge in [-0.2, -0.15) is 0 Å². The molecule has 0 unspecified atom stereocenters. The Hall–Kier alpha value is -2.31. The first kappa shape index (κ1) is 19.5. The first-order chi connectivity index (χ1) is 13.1. The fourth-order valence-corrected chi connectivity index (χ4v) is 3.72. The zero-order valence-corrected chi connectivity index (χ0v) is 17.3. The van der Waals surface area contributed by atoms with E-state index in [0.29, 0.717) is 6.54 Å². The molecule has 0 aliphatic carbocycles. The number of benzene rings is 2. The van der Waals surface area contributed by atoms with E-state index < -0.39 is 0 Å². The average Bonchev–Trinajstić information content (AvgIpc) is 2.69. The number of rotatable bonds is 6. The van der Waals surface area contributed by atoms with E-state index in [1.165, 1.54) is 0 Å². The molecular formula is C21H20BrN3OS. The average molecular weight is 442 g/mol. The van der Waals surface area contributed by atoms with Gasteiger partial charge < -0.3 is 10.2 Å². The molecule has 2 amide bonds. The highest BCUT2D eigenvalue weighted by Gasteiger charge is 2.11. The smallest absolute Gasteiger partial charge is 0.321 e. The van der Waals surface area contributed by atoms with Gasteiger partial charge in [-0.05, 0) is 41.5 Å². The molecule has 3 rings (SSSR count). The van der Waals surface area contributed by atoms with Crippen LogP contribution in [0.15, 0.2) is 82.4 Å². The second-order valence-corrected chi connectivity index (χ2v) is 7.88.